The standard InChI is InChI=1S/C15H30O5Si/c1-13(2,3)21(7,8)17-9-10-11-12(15(6,16)18-10)20-14(4,5)19-11/h10-12,16H,9H2,1-8H3/t10-,11-,12-,15+/m1/s1. The summed E-state index contributed by atoms with van der Waals surface area (Å²) in [5.41, 5.74) is 0. The minimum atomic E-state index is -1.86. The average Bonchev–Trinajstić information content (AvgIpc) is 2.69. The highest BCUT2D eigenvalue weighted by Crippen LogP contribution is 2.44. The van der Waals surface area contributed by atoms with E-state index in [9.17, 15) is 5.11 Å². The van der Waals surface area contributed by atoms with Crippen LogP contribution in [0.15, 0.2) is 0 Å². The van der Waals surface area contributed by atoms with Gasteiger partial charge in [-0.1, -0.05) is 20.8 Å². The van der Waals surface area contributed by atoms with Crippen LogP contribution < -0.4 is 0 Å². The van der Waals surface area contributed by atoms with Gasteiger partial charge in [0.2, 0.25) is 0 Å². The second-order valence-electron chi connectivity index (χ2n) is 8.30. The number of ether oxygens (including phenoxy) is 3. The summed E-state index contributed by atoms with van der Waals surface area (Å²) in [6, 6.07) is 0. The van der Waals surface area contributed by atoms with E-state index >= 15 is 0 Å². The van der Waals surface area contributed by atoms with E-state index < -0.39 is 26.0 Å². The van der Waals surface area contributed by atoms with E-state index in [-0.39, 0.29) is 17.2 Å². The second kappa shape index (κ2) is 5.01. The van der Waals surface area contributed by atoms with Gasteiger partial charge in [-0.2, -0.15) is 0 Å². The van der Waals surface area contributed by atoms with Crippen LogP contribution in [0.5, 0.6) is 0 Å². The number of fused-ring (bicyclic) bond motifs is 1. The zero-order chi connectivity index (χ0) is 16.3. The molecule has 124 valence electrons. The van der Waals surface area contributed by atoms with Gasteiger partial charge in [0.15, 0.2) is 19.9 Å². The lowest BCUT2D eigenvalue weighted by atomic mass is 10.1. The summed E-state index contributed by atoms with van der Waals surface area (Å²) < 4.78 is 23.6. The first-order valence-electron chi connectivity index (χ1n) is 7.65. The fraction of sp³-hybridized carbons (Fsp3) is 1.00. The summed E-state index contributed by atoms with van der Waals surface area (Å²) in [6.07, 6.45) is -1.07. The molecule has 0 aliphatic carbocycles. The Kier molecular flexibility index (Phi) is 4.14. The van der Waals surface area contributed by atoms with Crippen molar-refractivity contribution in [2.24, 2.45) is 0 Å². The SMILES string of the molecule is CC1(C)O[C@H]2[C@@H](O1)[C@@](C)(O)O[C@@H]2CO[Si](C)(C)C(C)(C)C. The van der Waals surface area contributed by atoms with Gasteiger partial charge >= 0.3 is 0 Å². The van der Waals surface area contributed by atoms with Gasteiger partial charge in [-0.15, -0.1) is 0 Å². The van der Waals surface area contributed by atoms with Crippen LogP contribution in [0.4, 0.5) is 0 Å². The van der Waals surface area contributed by atoms with Crippen LogP contribution in [-0.4, -0.2) is 49.9 Å². The van der Waals surface area contributed by atoms with Crippen molar-refractivity contribution < 1.29 is 23.7 Å². The number of aliphatic hydroxyl groups is 1. The molecule has 5 nitrogen and oxygen atoms in total. The van der Waals surface area contributed by atoms with E-state index in [1.807, 2.05) is 13.8 Å². The zero-order valence-corrected chi connectivity index (χ0v) is 15.5. The van der Waals surface area contributed by atoms with Crippen molar-refractivity contribution in [2.75, 3.05) is 6.61 Å². The Bertz CT molecular complexity index is 399. The molecule has 0 saturated carbocycles. The smallest absolute Gasteiger partial charge is 0.192 e. The lowest BCUT2D eigenvalue weighted by Gasteiger charge is -2.37. The Labute approximate surface area is 129 Å². The average molecular weight is 318 g/mol. The normalized spacial score (nSPS) is 39.6. The van der Waals surface area contributed by atoms with E-state index in [1.165, 1.54) is 0 Å². The monoisotopic (exact) mass is 318 g/mol. The van der Waals surface area contributed by atoms with Crippen molar-refractivity contribution in [1.82, 2.24) is 0 Å². The van der Waals surface area contributed by atoms with Crippen LogP contribution in [0, 0.1) is 0 Å². The molecule has 2 aliphatic heterocycles. The third kappa shape index (κ3) is 3.35. The van der Waals surface area contributed by atoms with Gasteiger partial charge in [0, 0.05) is 0 Å². The van der Waals surface area contributed by atoms with Crippen LogP contribution in [0.3, 0.4) is 0 Å². The van der Waals surface area contributed by atoms with Crippen molar-refractivity contribution in [3.63, 3.8) is 0 Å². The van der Waals surface area contributed by atoms with Crippen molar-refractivity contribution in [1.29, 1.82) is 0 Å². The molecule has 0 amide bonds. The molecule has 2 heterocycles. The molecule has 0 radical (unpaired) electrons. The first-order valence-corrected chi connectivity index (χ1v) is 10.6. The summed E-state index contributed by atoms with van der Waals surface area (Å²) >= 11 is 0. The van der Waals surface area contributed by atoms with Crippen molar-refractivity contribution in [2.45, 2.75) is 89.6 Å². The van der Waals surface area contributed by atoms with Gasteiger partial charge in [-0.3, -0.25) is 0 Å². The minimum Gasteiger partial charge on any atom is -0.414 e. The summed E-state index contributed by atoms with van der Waals surface area (Å²) in [5, 5.41) is 10.5. The van der Waals surface area contributed by atoms with Gasteiger partial charge in [0.05, 0.1) is 6.61 Å². The topological polar surface area (TPSA) is 57.2 Å². The van der Waals surface area contributed by atoms with Crippen LogP contribution >= 0.6 is 0 Å². The lowest BCUT2D eigenvalue weighted by Crippen LogP contribution is -2.44. The molecule has 0 bridgehead atoms. The summed E-state index contributed by atoms with van der Waals surface area (Å²) in [5.74, 6) is -2.03. The van der Waals surface area contributed by atoms with Crippen molar-refractivity contribution in [3.05, 3.63) is 0 Å². The molecule has 1 N–H and O–H groups in total. The molecule has 0 aromatic carbocycles. The number of hydrogen-bond acceptors (Lipinski definition) is 5. The Morgan fingerprint density at radius 1 is 1.10 bits per heavy atom. The molecule has 2 saturated heterocycles. The number of hydrogen-bond donors (Lipinski definition) is 1. The van der Waals surface area contributed by atoms with E-state index in [4.69, 9.17) is 18.6 Å². The Morgan fingerprint density at radius 3 is 2.19 bits per heavy atom. The summed E-state index contributed by atoms with van der Waals surface area (Å²) in [7, 11) is -1.86. The fourth-order valence-electron chi connectivity index (χ4n) is 2.55. The molecular formula is C15H30O5Si. The summed E-state index contributed by atoms with van der Waals surface area (Å²) in [6.45, 7) is 16.8. The van der Waals surface area contributed by atoms with Crippen LogP contribution in [0.25, 0.3) is 0 Å². The highest BCUT2D eigenvalue weighted by atomic mass is 28.4. The molecule has 0 unspecified atom stereocenters. The molecule has 2 rings (SSSR count). The van der Waals surface area contributed by atoms with E-state index in [0.29, 0.717) is 6.61 Å². The maximum Gasteiger partial charge on any atom is 0.192 e. The summed E-state index contributed by atoms with van der Waals surface area (Å²) in [4.78, 5) is 0. The quantitative estimate of drug-likeness (QED) is 0.811. The molecule has 6 heteroatoms. The van der Waals surface area contributed by atoms with Gasteiger partial charge in [0.25, 0.3) is 0 Å². The van der Waals surface area contributed by atoms with Crippen LogP contribution in [0.2, 0.25) is 18.1 Å². The Balaban J connectivity index is 2.05. The largest absolute Gasteiger partial charge is 0.414 e. The maximum atomic E-state index is 10.4. The lowest BCUT2D eigenvalue weighted by molar-refractivity contribution is -0.267. The molecule has 4 atom stereocenters. The van der Waals surface area contributed by atoms with Gasteiger partial charge in [0.1, 0.15) is 18.3 Å². The van der Waals surface area contributed by atoms with E-state index in [1.54, 1.807) is 6.92 Å². The molecule has 2 fully saturated rings. The highest BCUT2D eigenvalue weighted by molar-refractivity contribution is 6.74. The predicted octanol–water partition coefficient (Wildman–Crippen LogP) is 2.64. The maximum absolute atomic E-state index is 10.4. The Morgan fingerprint density at radius 2 is 1.67 bits per heavy atom. The molecule has 2 aliphatic rings. The molecule has 21 heavy (non-hydrogen) atoms. The molecule has 0 spiro atoms. The molecule has 0 aromatic heterocycles. The minimum absolute atomic E-state index is 0.139. The van der Waals surface area contributed by atoms with Gasteiger partial charge in [-0.05, 0) is 38.9 Å². The first-order chi connectivity index (χ1) is 9.25. The van der Waals surface area contributed by atoms with Crippen LogP contribution in [0.1, 0.15) is 41.5 Å². The zero-order valence-electron chi connectivity index (χ0n) is 14.5. The van der Waals surface area contributed by atoms with Crippen LogP contribution in [-0.2, 0) is 18.6 Å². The van der Waals surface area contributed by atoms with Gasteiger partial charge in [-0.25, -0.2) is 0 Å². The number of rotatable bonds is 3. The Hall–Kier alpha value is 0.0169. The third-order valence-electron chi connectivity index (χ3n) is 4.83. The highest BCUT2D eigenvalue weighted by Gasteiger charge is 2.60. The third-order valence-corrected chi connectivity index (χ3v) is 9.33. The van der Waals surface area contributed by atoms with Crippen molar-refractivity contribution in [3.8, 4) is 0 Å². The molecule has 0 aromatic rings. The van der Waals surface area contributed by atoms with Crippen molar-refractivity contribution >= 4 is 8.32 Å². The second-order valence-corrected chi connectivity index (χ2v) is 13.1. The molecular weight excluding hydrogens is 288 g/mol. The van der Waals surface area contributed by atoms with Gasteiger partial charge < -0.3 is 23.7 Å². The first kappa shape index (κ1) is 17.4. The predicted molar refractivity (Wildman–Crippen MR) is 82.5 cm³/mol. The van der Waals surface area contributed by atoms with E-state index in [0.717, 1.165) is 0 Å². The fourth-order valence-corrected chi connectivity index (χ4v) is 3.57. The van der Waals surface area contributed by atoms with E-state index in [2.05, 4.69) is 33.9 Å².